The van der Waals surface area contributed by atoms with Crippen molar-refractivity contribution >= 4 is 45.0 Å². The third-order valence-electron chi connectivity index (χ3n) is 5.45. The Kier molecular flexibility index (Phi) is 7.88. The SMILES string of the molecule is CNC(=O)N(c1ccc(S(=O)(=O)Nc2ccon2)cn1)c1cc(F)c(-c2ccc(Cl)c(C(F)(F)F)c2)cc1OC. The summed E-state index contributed by atoms with van der Waals surface area (Å²) >= 11 is 5.68. The number of carbonyl (C=O) groups is 1. The van der Waals surface area contributed by atoms with Crippen LogP contribution < -0.4 is 19.7 Å². The number of urea groups is 1. The number of hydrogen-bond acceptors (Lipinski definition) is 7. The van der Waals surface area contributed by atoms with E-state index in [1.807, 2.05) is 0 Å². The number of pyridine rings is 1. The molecule has 0 saturated heterocycles. The normalized spacial score (nSPS) is 11.7. The van der Waals surface area contributed by atoms with Gasteiger partial charge in [-0.25, -0.2) is 27.5 Å². The minimum absolute atomic E-state index is 0.0700. The van der Waals surface area contributed by atoms with Gasteiger partial charge in [-0.2, -0.15) is 13.2 Å². The van der Waals surface area contributed by atoms with Crippen molar-refractivity contribution in [2.24, 2.45) is 0 Å². The third kappa shape index (κ3) is 5.79. The molecule has 10 nitrogen and oxygen atoms in total. The lowest BCUT2D eigenvalue weighted by atomic mass is 10.0. The van der Waals surface area contributed by atoms with Crippen molar-refractivity contribution in [2.45, 2.75) is 11.1 Å². The van der Waals surface area contributed by atoms with Crippen LogP contribution in [0, 0.1) is 5.82 Å². The van der Waals surface area contributed by atoms with Gasteiger partial charge in [0.05, 0.1) is 23.4 Å². The molecule has 0 atom stereocenters. The van der Waals surface area contributed by atoms with Gasteiger partial charge in [0, 0.05) is 30.9 Å². The van der Waals surface area contributed by atoms with Crippen molar-refractivity contribution in [3.8, 4) is 16.9 Å². The molecule has 2 amide bonds. The van der Waals surface area contributed by atoms with E-state index in [1.165, 1.54) is 38.6 Å². The first kappa shape index (κ1) is 28.6. The van der Waals surface area contributed by atoms with Crippen LogP contribution in [0.1, 0.15) is 5.56 Å². The Balaban J connectivity index is 1.76. The van der Waals surface area contributed by atoms with Gasteiger partial charge in [-0.1, -0.05) is 22.8 Å². The summed E-state index contributed by atoms with van der Waals surface area (Å²) in [6.45, 7) is 0. The maximum absolute atomic E-state index is 15.4. The first-order chi connectivity index (χ1) is 18.9. The molecule has 0 spiro atoms. The van der Waals surface area contributed by atoms with E-state index < -0.39 is 38.6 Å². The molecule has 0 aliphatic carbocycles. The van der Waals surface area contributed by atoms with E-state index >= 15 is 4.39 Å². The van der Waals surface area contributed by atoms with Gasteiger partial charge in [0.25, 0.3) is 10.0 Å². The minimum Gasteiger partial charge on any atom is -0.495 e. The number of benzene rings is 2. The van der Waals surface area contributed by atoms with Crippen LogP contribution in [0.25, 0.3) is 11.1 Å². The smallest absolute Gasteiger partial charge is 0.417 e. The zero-order valence-electron chi connectivity index (χ0n) is 20.5. The van der Waals surface area contributed by atoms with Gasteiger partial charge >= 0.3 is 12.2 Å². The third-order valence-corrected chi connectivity index (χ3v) is 7.12. The van der Waals surface area contributed by atoms with E-state index in [4.69, 9.17) is 16.3 Å². The van der Waals surface area contributed by atoms with Gasteiger partial charge in [0.2, 0.25) is 0 Å². The highest BCUT2D eigenvalue weighted by atomic mass is 35.5. The van der Waals surface area contributed by atoms with Crippen LogP contribution in [0.5, 0.6) is 5.75 Å². The lowest BCUT2D eigenvalue weighted by Crippen LogP contribution is -2.35. The molecule has 0 unspecified atom stereocenters. The summed E-state index contributed by atoms with van der Waals surface area (Å²) in [7, 11) is -1.61. The number of hydrogen-bond donors (Lipinski definition) is 2. The molecule has 4 aromatic rings. The number of ether oxygens (including phenoxy) is 1. The second kappa shape index (κ2) is 11.0. The quantitative estimate of drug-likeness (QED) is 0.256. The lowest BCUT2D eigenvalue weighted by Gasteiger charge is -2.24. The summed E-state index contributed by atoms with van der Waals surface area (Å²) in [5.41, 5.74) is -1.72. The summed E-state index contributed by atoms with van der Waals surface area (Å²) in [4.78, 5) is 17.5. The maximum atomic E-state index is 15.4. The first-order valence-electron chi connectivity index (χ1n) is 11.0. The number of carbonyl (C=O) groups excluding carboxylic acids is 1. The van der Waals surface area contributed by atoms with Crippen molar-refractivity contribution in [1.82, 2.24) is 15.5 Å². The lowest BCUT2D eigenvalue weighted by molar-refractivity contribution is -0.137. The number of rotatable bonds is 7. The summed E-state index contributed by atoms with van der Waals surface area (Å²) in [5.74, 6) is -1.29. The zero-order valence-corrected chi connectivity index (χ0v) is 22.0. The number of alkyl halides is 3. The van der Waals surface area contributed by atoms with E-state index in [0.29, 0.717) is 6.07 Å². The van der Waals surface area contributed by atoms with Crippen LogP contribution in [0.2, 0.25) is 5.02 Å². The summed E-state index contributed by atoms with van der Waals surface area (Å²) in [6.07, 6.45) is -2.66. The maximum Gasteiger partial charge on any atom is 0.417 e. The first-order valence-corrected chi connectivity index (χ1v) is 12.9. The van der Waals surface area contributed by atoms with Gasteiger partial charge in [0.15, 0.2) is 5.82 Å². The zero-order chi connectivity index (χ0) is 29.2. The highest BCUT2D eigenvalue weighted by molar-refractivity contribution is 7.92. The highest BCUT2D eigenvalue weighted by Crippen LogP contribution is 2.41. The highest BCUT2D eigenvalue weighted by Gasteiger charge is 2.34. The molecule has 0 aliphatic heterocycles. The van der Waals surface area contributed by atoms with Crippen molar-refractivity contribution in [2.75, 3.05) is 23.8 Å². The van der Waals surface area contributed by atoms with Gasteiger partial charge in [-0.3, -0.25) is 4.72 Å². The number of aromatic nitrogens is 2. The van der Waals surface area contributed by atoms with E-state index in [1.54, 1.807) is 0 Å². The van der Waals surface area contributed by atoms with E-state index in [9.17, 15) is 26.4 Å². The molecule has 4 rings (SSSR count). The Morgan fingerprint density at radius 2 is 1.88 bits per heavy atom. The Labute approximate surface area is 229 Å². The number of anilines is 3. The van der Waals surface area contributed by atoms with Gasteiger partial charge in [0.1, 0.15) is 28.5 Å². The number of methoxy groups -OCH3 is 1. The molecule has 0 bridgehead atoms. The Hall–Kier alpha value is -4.37. The molecular formula is C24H18ClF4N5O5S. The summed E-state index contributed by atoms with van der Waals surface area (Å²) in [6, 6.07) is 7.70. The minimum atomic E-state index is -4.78. The molecule has 16 heteroatoms. The van der Waals surface area contributed by atoms with Crippen LogP contribution in [-0.4, -0.2) is 38.7 Å². The van der Waals surface area contributed by atoms with Gasteiger partial charge < -0.3 is 14.6 Å². The summed E-state index contributed by atoms with van der Waals surface area (Å²) < 4.78 is 92.7. The second-order valence-corrected chi connectivity index (χ2v) is 10.0. The van der Waals surface area contributed by atoms with Crippen molar-refractivity contribution in [3.05, 3.63) is 77.4 Å². The number of sulfonamides is 1. The second-order valence-electron chi connectivity index (χ2n) is 7.93. The van der Waals surface area contributed by atoms with Crippen LogP contribution in [-0.2, 0) is 16.2 Å². The molecule has 2 N–H and O–H groups in total. The number of halogens is 5. The molecular weight excluding hydrogens is 582 g/mol. The van der Waals surface area contributed by atoms with E-state index in [-0.39, 0.29) is 39.1 Å². The predicted molar refractivity (Wildman–Crippen MR) is 137 cm³/mol. The van der Waals surface area contributed by atoms with Gasteiger partial charge in [-0.05, 0) is 35.9 Å². The molecule has 40 heavy (non-hydrogen) atoms. The Morgan fingerprint density at radius 3 is 2.45 bits per heavy atom. The van der Waals surface area contributed by atoms with Crippen LogP contribution >= 0.6 is 11.6 Å². The topological polar surface area (TPSA) is 127 Å². The van der Waals surface area contributed by atoms with Crippen LogP contribution in [0.4, 0.5) is 39.7 Å². The molecule has 2 aromatic heterocycles. The van der Waals surface area contributed by atoms with Crippen LogP contribution in [0.3, 0.4) is 0 Å². The number of nitrogens with zero attached hydrogens (tertiary/aromatic N) is 3. The van der Waals surface area contributed by atoms with Crippen molar-refractivity contribution in [3.63, 3.8) is 0 Å². The fourth-order valence-corrected chi connectivity index (χ4v) is 4.75. The fourth-order valence-electron chi connectivity index (χ4n) is 3.59. The van der Waals surface area contributed by atoms with Crippen molar-refractivity contribution in [1.29, 1.82) is 0 Å². The summed E-state index contributed by atoms with van der Waals surface area (Å²) in [5, 5.41) is 5.27. The number of nitrogens with one attached hydrogen (secondary N) is 2. The Morgan fingerprint density at radius 1 is 1.12 bits per heavy atom. The monoisotopic (exact) mass is 599 g/mol. The van der Waals surface area contributed by atoms with E-state index in [2.05, 4.69) is 24.7 Å². The molecule has 0 saturated carbocycles. The van der Waals surface area contributed by atoms with Crippen LogP contribution in [0.15, 0.2) is 70.4 Å². The van der Waals surface area contributed by atoms with E-state index in [0.717, 1.165) is 35.4 Å². The number of amides is 2. The predicted octanol–water partition coefficient (Wildman–Crippen LogP) is 5.83. The molecule has 0 aliphatic rings. The van der Waals surface area contributed by atoms with Crippen molar-refractivity contribution < 1.29 is 40.0 Å². The fraction of sp³-hybridized carbons (Fsp3) is 0.125. The molecule has 210 valence electrons. The molecule has 2 aromatic carbocycles. The van der Waals surface area contributed by atoms with Gasteiger partial charge in [-0.15, -0.1) is 0 Å². The molecule has 2 heterocycles. The Bertz CT molecular complexity index is 1650. The largest absolute Gasteiger partial charge is 0.495 e. The average Bonchev–Trinajstić information content (AvgIpc) is 3.41. The average molecular weight is 600 g/mol. The molecule has 0 fully saturated rings. The standard InChI is InChI=1S/C24H18ClF4N5O5S/c1-30-23(35)34(22-6-4-14(12-31-22)40(36,37)33-21-7-8-39-32-21)19-11-18(26)15(10-20(19)38-2)13-3-5-17(25)16(9-13)24(27,28)29/h3-12H,1-2H3,(H,30,35)(H,32,33). The molecule has 0 radical (unpaired) electrons.